The highest BCUT2D eigenvalue weighted by Gasteiger charge is 2.35. The third kappa shape index (κ3) is 2.68. The molecule has 1 amide bonds. The third-order valence-corrected chi connectivity index (χ3v) is 3.44. The number of likely N-dealkylation sites (N-methyl/N-ethyl adjacent to an activating group) is 1. The maximum Gasteiger partial charge on any atom is 0.237 e. The van der Waals surface area contributed by atoms with E-state index in [1.54, 1.807) is 24.3 Å². The van der Waals surface area contributed by atoms with Gasteiger partial charge in [0.2, 0.25) is 5.91 Å². The van der Waals surface area contributed by atoms with Gasteiger partial charge in [-0.2, -0.15) is 0 Å². The van der Waals surface area contributed by atoms with Gasteiger partial charge in [-0.15, -0.1) is 0 Å². The first-order valence-corrected chi connectivity index (χ1v) is 6.55. The molecule has 0 saturated carbocycles. The number of nitrogens with zero attached hydrogens (tertiary/aromatic N) is 3. The molecule has 1 unspecified atom stereocenters. The Bertz CT molecular complexity index is 426. The molecule has 2 atom stereocenters. The van der Waals surface area contributed by atoms with Crippen molar-refractivity contribution in [3.05, 3.63) is 22.7 Å². The van der Waals surface area contributed by atoms with Crippen LogP contribution in [0.4, 0.5) is 0 Å². The summed E-state index contributed by atoms with van der Waals surface area (Å²) in [4.78, 5) is 21.5. The minimum absolute atomic E-state index is 0.0799. The summed E-state index contributed by atoms with van der Waals surface area (Å²) in [5, 5.41) is 12.8. The molecule has 1 fully saturated rings. The third-order valence-electron chi connectivity index (χ3n) is 3.03. The lowest BCUT2D eigenvalue weighted by Crippen LogP contribution is -2.44. The van der Waals surface area contributed by atoms with Crippen molar-refractivity contribution >= 4 is 21.8 Å². The minimum atomic E-state index is -0.942. The number of likely N-dealkylation sites (tertiary alicyclic amines) is 1. The van der Waals surface area contributed by atoms with E-state index in [0.717, 1.165) is 17.3 Å². The topological polar surface area (TPSA) is 78.4 Å². The Hall–Kier alpha value is -1.05. The fourth-order valence-corrected chi connectivity index (χ4v) is 2.34. The molecule has 98 valence electrons. The Morgan fingerprint density at radius 3 is 2.89 bits per heavy atom. The van der Waals surface area contributed by atoms with Gasteiger partial charge in [0.1, 0.15) is 0 Å². The van der Waals surface area contributed by atoms with Crippen molar-refractivity contribution in [1.29, 1.82) is 0 Å². The van der Waals surface area contributed by atoms with E-state index in [1.165, 1.54) is 0 Å². The quantitative estimate of drug-likeness (QED) is 0.846. The summed E-state index contributed by atoms with van der Waals surface area (Å²) >= 11 is 3.24. The molecule has 2 heterocycles. The van der Waals surface area contributed by atoms with E-state index in [9.17, 15) is 9.90 Å². The van der Waals surface area contributed by atoms with E-state index in [1.807, 2.05) is 0 Å². The molecule has 6 nitrogen and oxygen atoms in total. The molecule has 2 N–H and O–H groups in total. The zero-order valence-electron chi connectivity index (χ0n) is 10.0. The highest BCUT2D eigenvalue weighted by molar-refractivity contribution is 9.10. The van der Waals surface area contributed by atoms with E-state index >= 15 is 0 Å². The number of halogens is 1. The van der Waals surface area contributed by atoms with Gasteiger partial charge in [-0.3, -0.25) is 9.69 Å². The highest BCUT2D eigenvalue weighted by Crippen LogP contribution is 2.26. The van der Waals surface area contributed by atoms with Gasteiger partial charge >= 0.3 is 0 Å². The average molecular weight is 315 g/mol. The summed E-state index contributed by atoms with van der Waals surface area (Å²) in [6.07, 6.45) is 3.84. The second-order valence-corrected chi connectivity index (χ2v) is 5.06. The smallest absolute Gasteiger partial charge is 0.237 e. The first-order chi connectivity index (χ1) is 8.63. The first kappa shape index (κ1) is 13.4. The predicted octanol–water partition coefficient (Wildman–Crippen LogP) is 0.440. The van der Waals surface area contributed by atoms with Crippen LogP contribution in [0.3, 0.4) is 0 Å². The summed E-state index contributed by atoms with van der Waals surface area (Å²) in [6, 6.07) is -0.308. The molecule has 0 radical (unpaired) electrons. The molecule has 18 heavy (non-hydrogen) atoms. The standard InChI is InChI=1S/C11H15BrN4O2/c1-13-10(17)8-3-2-4-16(8)11(18)9-14-5-7(12)6-15-9/h5-6,8,11,18H,2-4H2,1H3,(H,13,17)/t8-,11?/m0/s1. The number of aromatic nitrogens is 2. The lowest BCUT2D eigenvalue weighted by molar-refractivity contribution is -0.129. The van der Waals surface area contributed by atoms with Gasteiger partial charge in [-0.05, 0) is 28.8 Å². The van der Waals surface area contributed by atoms with Crippen molar-refractivity contribution in [3.8, 4) is 0 Å². The molecule has 1 saturated heterocycles. The van der Waals surface area contributed by atoms with Gasteiger partial charge in [0.05, 0.1) is 10.5 Å². The number of rotatable bonds is 3. The van der Waals surface area contributed by atoms with Crippen LogP contribution in [0.15, 0.2) is 16.9 Å². The van der Waals surface area contributed by atoms with Crippen LogP contribution in [0.2, 0.25) is 0 Å². The zero-order chi connectivity index (χ0) is 13.1. The molecular weight excluding hydrogens is 300 g/mol. The van der Waals surface area contributed by atoms with Gasteiger partial charge < -0.3 is 10.4 Å². The van der Waals surface area contributed by atoms with E-state index in [4.69, 9.17) is 0 Å². The lowest BCUT2D eigenvalue weighted by atomic mass is 10.2. The predicted molar refractivity (Wildman–Crippen MR) is 68.5 cm³/mol. The van der Waals surface area contributed by atoms with E-state index in [-0.39, 0.29) is 11.9 Å². The van der Waals surface area contributed by atoms with Crippen LogP contribution in [-0.4, -0.2) is 45.5 Å². The maximum absolute atomic E-state index is 11.7. The first-order valence-electron chi connectivity index (χ1n) is 5.76. The van der Waals surface area contributed by atoms with Crippen LogP contribution in [0.5, 0.6) is 0 Å². The van der Waals surface area contributed by atoms with Crippen molar-refractivity contribution in [2.24, 2.45) is 0 Å². The van der Waals surface area contributed by atoms with Crippen molar-refractivity contribution < 1.29 is 9.90 Å². The summed E-state index contributed by atoms with van der Waals surface area (Å²) in [5.74, 6) is 0.234. The number of aliphatic hydroxyl groups is 1. The minimum Gasteiger partial charge on any atom is -0.371 e. The zero-order valence-corrected chi connectivity index (χ0v) is 11.6. The molecule has 0 aliphatic carbocycles. The fraction of sp³-hybridized carbons (Fsp3) is 0.545. The maximum atomic E-state index is 11.7. The van der Waals surface area contributed by atoms with Crippen LogP contribution in [0, 0.1) is 0 Å². The van der Waals surface area contributed by atoms with Crippen molar-refractivity contribution in [2.75, 3.05) is 13.6 Å². The van der Waals surface area contributed by atoms with Gasteiger partial charge in [0.15, 0.2) is 12.1 Å². The summed E-state index contributed by atoms with van der Waals surface area (Å²) in [6.45, 7) is 0.665. The number of aliphatic hydroxyl groups excluding tert-OH is 1. The number of hydrogen-bond acceptors (Lipinski definition) is 5. The number of carbonyl (C=O) groups is 1. The van der Waals surface area contributed by atoms with Gasteiger partial charge in [-0.25, -0.2) is 9.97 Å². The Kier molecular flexibility index (Phi) is 4.26. The molecule has 0 spiro atoms. The molecule has 0 bridgehead atoms. The van der Waals surface area contributed by atoms with E-state index in [2.05, 4.69) is 31.2 Å². The van der Waals surface area contributed by atoms with Crippen LogP contribution < -0.4 is 5.32 Å². The SMILES string of the molecule is CNC(=O)[C@@H]1CCCN1C(O)c1ncc(Br)cn1. The van der Waals surface area contributed by atoms with Gasteiger partial charge in [0.25, 0.3) is 0 Å². The van der Waals surface area contributed by atoms with Crippen molar-refractivity contribution in [2.45, 2.75) is 25.1 Å². The number of nitrogens with one attached hydrogen (secondary N) is 1. The van der Waals surface area contributed by atoms with Crippen LogP contribution in [0.25, 0.3) is 0 Å². The van der Waals surface area contributed by atoms with Gasteiger partial charge in [0, 0.05) is 26.0 Å². The number of carbonyl (C=O) groups excluding carboxylic acids is 1. The second kappa shape index (κ2) is 5.73. The monoisotopic (exact) mass is 314 g/mol. The lowest BCUT2D eigenvalue weighted by Gasteiger charge is -2.27. The van der Waals surface area contributed by atoms with Crippen molar-refractivity contribution in [3.63, 3.8) is 0 Å². The Morgan fingerprint density at radius 2 is 2.28 bits per heavy atom. The summed E-state index contributed by atoms with van der Waals surface area (Å²) in [7, 11) is 1.60. The summed E-state index contributed by atoms with van der Waals surface area (Å²) in [5.41, 5.74) is 0. The van der Waals surface area contributed by atoms with E-state index < -0.39 is 6.23 Å². The Morgan fingerprint density at radius 1 is 1.61 bits per heavy atom. The Balaban J connectivity index is 2.14. The van der Waals surface area contributed by atoms with Crippen molar-refractivity contribution in [1.82, 2.24) is 20.2 Å². The molecule has 1 aromatic rings. The summed E-state index contributed by atoms with van der Waals surface area (Å²) < 4.78 is 0.753. The molecule has 0 aromatic carbocycles. The van der Waals surface area contributed by atoms with Crippen LogP contribution >= 0.6 is 15.9 Å². The second-order valence-electron chi connectivity index (χ2n) is 4.14. The van der Waals surface area contributed by atoms with Crippen LogP contribution in [-0.2, 0) is 4.79 Å². The molecule has 1 aliphatic heterocycles. The fourth-order valence-electron chi connectivity index (χ4n) is 2.13. The largest absolute Gasteiger partial charge is 0.371 e. The number of amides is 1. The molecule has 1 aromatic heterocycles. The van der Waals surface area contributed by atoms with Gasteiger partial charge in [-0.1, -0.05) is 0 Å². The molecule has 2 rings (SSSR count). The molecular formula is C11H15BrN4O2. The number of hydrogen-bond donors (Lipinski definition) is 2. The Labute approximate surface area is 114 Å². The molecule has 7 heteroatoms. The normalized spacial score (nSPS) is 21.8. The van der Waals surface area contributed by atoms with E-state index in [0.29, 0.717) is 12.4 Å². The molecule has 1 aliphatic rings. The average Bonchev–Trinajstić information content (AvgIpc) is 2.87. The highest BCUT2D eigenvalue weighted by atomic mass is 79.9. The van der Waals surface area contributed by atoms with Crippen LogP contribution in [0.1, 0.15) is 24.9 Å².